The number of hydrogen-bond acceptors (Lipinski definition) is 6. The molecule has 0 radical (unpaired) electrons. The molecule has 1 aliphatic heterocycles. The van der Waals surface area contributed by atoms with Gasteiger partial charge in [0.05, 0.1) is 7.11 Å². The molecule has 9 heteroatoms. The minimum atomic E-state index is -5.34. The molecular formula is C21H21F3O6. The molecule has 2 aliphatic rings. The lowest BCUT2D eigenvalue weighted by atomic mass is 9.65. The van der Waals surface area contributed by atoms with E-state index in [-0.39, 0.29) is 41.1 Å². The maximum Gasteiger partial charge on any atom is 0.456 e. The van der Waals surface area contributed by atoms with E-state index in [0.717, 1.165) is 7.11 Å². The first-order valence-corrected chi connectivity index (χ1v) is 9.17. The van der Waals surface area contributed by atoms with Crippen LogP contribution in [0.1, 0.15) is 38.2 Å². The van der Waals surface area contributed by atoms with Crippen LogP contribution in [0.25, 0.3) is 0 Å². The lowest BCUT2D eigenvalue weighted by Gasteiger charge is -2.48. The summed E-state index contributed by atoms with van der Waals surface area (Å²) in [4.78, 5) is 24.3. The minimum absolute atomic E-state index is 0.00831. The monoisotopic (exact) mass is 426 g/mol. The van der Waals surface area contributed by atoms with Crippen molar-refractivity contribution in [3.8, 4) is 5.75 Å². The number of allylic oxidation sites excluding steroid dienone is 3. The zero-order valence-corrected chi connectivity index (χ0v) is 16.5. The first kappa shape index (κ1) is 21.9. The van der Waals surface area contributed by atoms with Gasteiger partial charge in [-0.05, 0) is 29.5 Å². The average molecular weight is 426 g/mol. The van der Waals surface area contributed by atoms with Crippen LogP contribution in [0.15, 0.2) is 41.2 Å². The van der Waals surface area contributed by atoms with Gasteiger partial charge in [-0.2, -0.15) is 13.2 Å². The van der Waals surface area contributed by atoms with Gasteiger partial charge in [0.1, 0.15) is 23.4 Å². The molecule has 3 atom stereocenters. The van der Waals surface area contributed by atoms with Gasteiger partial charge < -0.3 is 19.7 Å². The third-order valence-corrected chi connectivity index (χ3v) is 5.50. The maximum absolute atomic E-state index is 14.0. The molecule has 0 saturated heterocycles. The molecule has 1 aromatic carbocycles. The Morgan fingerprint density at radius 2 is 1.83 bits per heavy atom. The standard InChI is InChI=1S/C21H21F3O6/c1-19(2)8-12(10-25)15-14(9-19)30-20(28,21(22,23)24)17(18(27)29-3)16(15)11-4-6-13(26)7-5-11/h4-7,16-17,26,28H,8-9H2,1-3H3/t16-,17-,20+/m1/s1. The molecule has 30 heavy (non-hydrogen) atoms. The van der Waals surface area contributed by atoms with Gasteiger partial charge in [0, 0.05) is 23.5 Å². The van der Waals surface area contributed by atoms with Crippen LogP contribution in [0.3, 0.4) is 0 Å². The fourth-order valence-corrected chi connectivity index (χ4v) is 4.22. The molecule has 0 bridgehead atoms. The van der Waals surface area contributed by atoms with E-state index in [4.69, 9.17) is 4.74 Å². The van der Waals surface area contributed by atoms with E-state index in [1.54, 1.807) is 19.8 Å². The van der Waals surface area contributed by atoms with Crippen LogP contribution in [-0.4, -0.2) is 41.2 Å². The highest BCUT2D eigenvalue weighted by atomic mass is 19.4. The lowest BCUT2D eigenvalue weighted by molar-refractivity contribution is -0.378. The van der Waals surface area contributed by atoms with Gasteiger partial charge in [-0.3, -0.25) is 4.79 Å². The number of esters is 1. The summed E-state index contributed by atoms with van der Waals surface area (Å²) in [5.41, 5.74) is -0.304. The molecule has 2 N–H and O–H groups in total. The highest BCUT2D eigenvalue weighted by Gasteiger charge is 2.69. The van der Waals surface area contributed by atoms with Crippen LogP contribution >= 0.6 is 0 Å². The number of aliphatic hydroxyl groups is 1. The number of rotatable bonds is 2. The SMILES string of the molecule is COC(=O)[C@H]1[C@H](c2ccc(O)cc2)C2=C(CC(C)(C)CC2=C=O)O[C@]1(O)C(F)(F)F. The summed E-state index contributed by atoms with van der Waals surface area (Å²) in [5, 5.41) is 20.3. The average Bonchev–Trinajstić information content (AvgIpc) is 2.64. The lowest BCUT2D eigenvalue weighted by Crippen LogP contribution is -2.60. The van der Waals surface area contributed by atoms with Crippen LogP contribution in [0.2, 0.25) is 0 Å². The number of benzene rings is 1. The van der Waals surface area contributed by atoms with Crippen LogP contribution in [0, 0.1) is 11.3 Å². The van der Waals surface area contributed by atoms with E-state index in [2.05, 4.69) is 4.74 Å². The molecule has 1 aliphatic carbocycles. The summed E-state index contributed by atoms with van der Waals surface area (Å²) in [6, 6.07) is 5.13. The number of ether oxygens (including phenoxy) is 2. The maximum atomic E-state index is 14.0. The molecule has 1 heterocycles. The Morgan fingerprint density at radius 3 is 2.33 bits per heavy atom. The number of aromatic hydroxyl groups is 1. The Morgan fingerprint density at radius 1 is 1.23 bits per heavy atom. The Labute approximate surface area is 170 Å². The highest BCUT2D eigenvalue weighted by Crippen LogP contribution is 2.58. The highest BCUT2D eigenvalue weighted by molar-refractivity contribution is 5.78. The predicted molar refractivity (Wildman–Crippen MR) is 97.7 cm³/mol. The second kappa shape index (κ2) is 7.18. The van der Waals surface area contributed by atoms with Crippen molar-refractivity contribution in [2.45, 2.75) is 44.6 Å². The van der Waals surface area contributed by atoms with Crippen molar-refractivity contribution < 1.29 is 42.4 Å². The Kier molecular flexibility index (Phi) is 5.25. The van der Waals surface area contributed by atoms with E-state index in [0.29, 0.717) is 0 Å². The molecule has 162 valence electrons. The molecule has 6 nitrogen and oxygen atoms in total. The molecule has 0 aromatic heterocycles. The molecule has 3 rings (SSSR count). The van der Waals surface area contributed by atoms with Crippen LogP contribution in [0.5, 0.6) is 5.75 Å². The molecule has 0 saturated carbocycles. The van der Waals surface area contributed by atoms with Crippen molar-refractivity contribution in [1.29, 1.82) is 0 Å². The van der Waals surface area contributed by atoms with Gasteiger partial charge in [0.2, 0.25) is 0 Å². The number of alkyl halides is 3. The third-order valence-electron chi connectivity index (χ3n) is 5.50. The quantitative estimate of drug-likeness (QED) is 0.556. The van der Waals surface area contributed by atoms with Crippen molar-refractivity contribution in [2.24, 2.45) is 11.3 Å². The second-order valence-electron chi connectivity index (χ2n) is 8.30. The smallest absolute Gasteiger partial charge is 0.456 e. The van der Waals surface area contributed by atoms with Crippen LogP contribution in [0.4, 0.5) is 13.2 Å². The molecule has 1 aromatic rings. The summed E-state index contributed by atoms with van der Waals surface area (Å²) in [6.45, 7) is 3.48. The normalized spacial score (nSPS) is 28.3. The van der Waals surface area contributed by atoms with Gasteiger partial charge in [-0.25, -0.2) is 4.79 Å². The first-order chi connectivity index (χ1) is 13.8. The number of carbonyl (C=O) groups is 1. The van der Waals surface area contributed by atoms with Gasteiger partial charge in [-0.15, -0.1) is 0 Å². The Bertz CT molecular complexity index is 940. The molecule has 0 spiro atoms. The molecule has 0 amide bonds. The summed E-state index contributed by atoms with van der Waals surface area (Å²) in [5.74, 6) is -7.45. The third kappa shape index (κ3) is 3.48. The topological polar surface area (TPSA) is 93.1 Å². The zero-order valence-electron chi connectivity index (χ0n) is 16.5. The van der Waals surface area contributed by atoms with Crippen LogP contribution < -0.4 is 0 Å². The molecular weight excluding hydrogens is 405 g/mol. The van der Waals surface area contributed by atoms with Crippen molar-refractivity contribution in [3.63, 3.8) is 0 Å². The number of halogens is 3. The molecule has 0 unspecified atom stereocenters. The van der Waals surface area contributed by atoms with Gasteiger partial charge in [-0.1, -0.05) is 26.0 Å². The number of phenols is 1. The Hall–Kier alpha value is -2.77. The fraction of sp³-hybridized carbons (Fsp3) is 0.476. The summed E-state index contributed by atoms with van der Waals surface area (Å²) < 4.78 is 51.7. The minimum Gasteiger partial charge on any atom is -0.508 e. The van der Waals surface area contributed by atoms with E-state index in [1.165, 1.54) is 24.3 Å². The van der Waals surface area contributed by atoms with E-state index in [9.17, 15) is 33.0 Å². The zero-order chi connectivity index (χ0) is 22.5. The van der Waals surface area contributed by atoms with E-state index < -0.39 is 35.2 Å². The van der Waals surface area contributed by atoms with Crippen molar-refractivity contribution >= 4 is 11.9 Å². The Balaban J connectivity index is 2.36. The van der Waals surface area contributed by atoms with E-state index >= 15 is 0 Å². The number of hydrogen-bond donors (Lipinski definition) is 2. The largest absolute Gasteiger partial charge is 0.508 e. The van der Waals surface area contributed by atoms with Crippen LogP contribution in [-0.2, 0) is 19.1 Å². The fourth-order valence-electron chi connectivity index (χ4n) is 4.22. The van der Waals surface area contributed by atoms with Gasteiger partial charge in [0.25, 0.3) is 0 Å². The molecule has 0 fully saturated rings. The summed E-state index contributed by atoms with van der Waals surface area (Å²) in [6.07, 6.45) is -5.13. The number of methoxy groups -OCH3 is 1. The summed E-state index contributed by atoms with van der Waals surface area (Å²) >= 11 is 0. The predicted octanol–water partition coefficient (Wildman–Crippen LogP) is 3.38. The van der Waals surface area contributed by atoms with Crippen molar-refractivity contribution in [3.05, 3.63) is 46.7 Å². The van der Waals surface area contributed by atoms with Gasteiger partial charge >= 0.3 is 17.9 Å². The number of phenolic OH excluding ortho intramolecular Hbond substituents is 1. The second-order valence-corrected chi connectivity index (χ2v) is 8.30. The van der Waals surface area contributed by atoms with Crippen molar-refractivity contribution in [1.82, 2.24) is 0 Å². The van der Waals surface area contributed by atoms with Crippen molar-refractivity contribution in [2.75, 3.05) is 7.11 Å². The van der Waals surface area contributed by atoms with Gasteiger partial charge in [0.15, 0.2) is 0 Å². The summed E-state index contributed by atoms with van der Waals surface area (Å²) in [7, 11) is 0.900. The number of carbonyl (C=O) groups excluding carboxylic acids is 2. The van der Waals surface area contributed by atoms with E-state index in [1.807, 2.05) is 0 Å². The first-order valence-electron chi connectivity index (χ1n) is 9.17.